The lowest BCUT2D eigenvalue weighted by Gasteiger charge is -2.23. The number of anilines is 1. The van der Waals surface area contributed by atoms with Gasteiger partial charge in [0.15, 0.2) is 0 Å². The van der Waals surface area contributed by atoms with Crippen molar-refractivity contribution < 1.29 is 14.4 Å². The van der Waals surface area contributed by atoms with E-state index < -0.39 is 29.9 Å². The number of para-hydroxylation sites is 1. The van der Waals surface area contributed by atoms with E-state index in [4.69, 9.17) is 23.2 Å². The molecule has 1 fully saturated rings. The number of nitrogens with one attached hydrogen (secondary N) is 2. The van der Waals surface area contributed by atoms with Crippen LogP contribution in [0.15, 0.2) is 72.8 Å². The molecule has 162 valence electrons. The maximum absolute atomic E-state index is 13.1. The summed E-state index contributed by atoms with van der Waals surface area (Å²) in [6, 6.07) is 20.9. The van der Waals surface area contributed by atoms with Crippen LogP contribution in [0.4, 0.5) is 10.5 Å². The van der Waals surface area contributed by atoms with Gasteiger partial charge in [-0.25, -0.2) is 4.79 Å². The fraction of sp³-hybridized carbons (Fsp3) is 0.125. The van der Waals surface area contributed by atoms with Crippen LogP contribution >= 0.6 is 23.2 Å². The predicted molar refractivity (Wildman–Crippen MR) is 125 cm³/mol. The van der Waals surface area contributed by atoms with E-state index in [1.807, 2.05) is 42.5 Å². The summed E-state index contributed by atoms with van der Waals surface area (Å²) in [6.07, 6.45) is 0. The second kappa shape index (κ2) is 8.65. The molecule has 1 unspecified atom stereocenters. The third-order valence-corrected chi connectivity index (χ3v) is 5.88. The standard InChI is InChI=1S/C24H19Cl2N3O3/c1-24(18-12-11-16(25)13-19(18)26)22(31)29(23(32)28-24)14-21(30)27-20-10-6-5-9-17(20)15-7-3-2-4-8-15/h2-13H,14H2,1H3,(H,27,30)(H,28,32). The van der Waals surface area contributed by atoms with E-state index in [1.165, 1.54) is 6.07 Å². The highest BCUT2D eigenvalue weighted by Gasteiger charge is 2.50. The number of nitrogens with zero attached hydrogens (tertiary/aromatic N) is 1. The van der Waals surface area contributed by atoms with E-state index in [0.29, 0.717) is 16.3 Å². The molecule has 3 aromatic rings. The third kappa shape index (κ3) is 4.07. The number of rotatable bonds is 5. The van der Waals surface area contributed by atoms with Gasteiger partial charge in [-0.05, 0) is 30.7 Å². The average Bonchev–Trinajstić information content (AvgIpc) is 2.98. The van der Waals surface area contributed by atoms with Crippen LogP contribution in [0.5, 0.6) is 0 Å². The average molecular weight is 468 g/mol. The van der Waals surface area contributed by atoms with E-state index >= 15 is 0 Å². The molecule has 0 bridgehead atoms. The molecule has 2 N–H and O–H groups in total. The van der Waals surface area contributed by atoms with E-state index in [2.05, 4.69) is 10.6 Å². The number of benzene rings is 3. The monoisotopic (exact) mass is 467 g/mol. The molecule has 1 heterocycles. The minimum absolute atomic E-state index is 0.247. The van der Waals surface area contributed by atoms with Gasteiger partial charge in [0.25, 0.3) is 5.91 Å². The lowest BCUT2D eigenvalue weighted by atomic mass is 9.92. The van der Waals surface area contributed by atoms with Crippen LogP contribution in [-0.4, -0.2) is 29.3 Å². The lowest BCUT2D eigenvalue weighted by Crippen LogP contribution is -2.42. The van der Waals surface area contributed by atoms with Crippen LogP contribution in [0.25, 0.3) is 11.1 Å². The Balaban J connectivity index is 1.54. The second-order valence-electron chi connectivity index (χ2n) is 7.53. The van der Waals surface area contributed by atoms with E-state index in [-0.39, 0.29) is 5.02 Å². The van der Waals surface area contributed by atoms with Gasteiger partial charge in [0.05, 0.1) is 0 Å². The van der Waals surface area contributed by atoms with Crippen molar-refractivity contribution in [3.8, 4) is 11.1 Å². The van der Waals surface area contributed by atoms with Gasteiger partial charge in [-0.1, -0.05) is 77.8 Å². The van der Waals surface area contributed by atoms with Gasteiger partial charge >= 0.3 is 6.03 Å². The third-order valence-electron chi connectivity index (χ3n) is 5.33. The van der Waals surface area contributed by atoms with Crippen molar-refractivity contribution in [2.24, 2.45) is 0 Å². The number of halogens is 2. The number of hydrogen-bond donors (Lipinski definition) is 2. The fourth-order valence-electron chi connectivity index (χ4n) is 3.71. The Hall–Kier alpha value is -3.35. The first kappa shape index (κ1) is 21.9. The Morgan fingerprint density at radius 1 is 1.00 bits per heavy atom. The van der Waals surface area contributed by atoms with Gasteiger partial charge in [0.2, 0.25) is 5.91 Å². The number of urea groups is 1. The Morgan fingerprint density at radius 3 is 2.41 bits per heavy atom. The van der Waals surface area contributed by atoms with E-state index in [1.54, 1.807) is 31.2 Å². The first-order chi connectivity index (χ1) is 15.3. The molecule has 0 spiro atoms. The molecule has 6 nitrogen and oxygen atoms in total. The number of imide groups is 1. The minimum atomic E-state index is -1.40. The number of amides is 4. The molecule has 4 rings (SSSR count). The molecule has 0 radical (unpaired) electrons. The molecule has 1 aliphatic rings. The Bertz CT molecular complexity index is 1220. The Kier molecular flexibility index (Phi) is 5.91. The molecule has 1 aliphatic heterocycles. The van der Waals surface area contributed by atoms with Gasteiger partial charge < -0.3 is 10.6 Å². The van der Waals surface area contributed by atoms with Gasteiger partial charge in [0.1, 0.15) is 12.1 Å². The number of hydrogen-bond acceptors (Lipinski definition) is 3. The summed E-state index contributed by atoms with van der Waals surface area (Å²) < 4.78 is 0. The summed E-state index contributed by atoms with van der Waals surface area (Å²) in [4.78, 5) is 39.3. The predicted octanol–water partition coefficient (Wildman–Crippen LogP) is 5.07. The summed E-state index contributed by atoms with van der Waals surface area (Å²) in [7, 11) is 0. The molecular formula is C24H19Cl2N3O3. The van der Waals surface area contributed by atoms with Crippen molar-refractivity contribution in [2.45, 2.75) is 12.5 Å². The lowest BCUT2D eigenvalue weighted by molar-refractivity contribution is -0.133. The summed E-state index contributed by atoms with van der Waals surface area (Å²) in [6.45, 7) is 1.11. The maximum Gasteiger partial charge on any atom is 0.325 e. The molecule has 0 aliphatic carbocycles. The van der Waals surface area contributed by atoms with Crippen LogP contribution < -0.4 is 10.6 Å². The maximum atomic E-state index is 13.1. The highest BCUT2D eigenvalue weighted by molar-refractivity contribution is 6.35. The molecule has 1 atom stereocenters. The number of carbonyl (C=O) groups is 3. The highest BCUT2D eigenvalue weighted by Crippen LogP contribution is 2.35. The van der Waals surface area contributed by atoms with Gasteiger partial charge in [-0.3, -0.25) is 14.5 Å². The SMILES string of the molecule is CC1(c2ccc(Cl)cc2Cl)NC(=O)N(CC(=O)Nc2ccccc2-c2ccccc2)C1=O. The summed E-state index contributed by atoms with van der Waals surface area (Å²) in [5.41, 5.74) is 1.35. The van der Waals surface area contributed by atoms with Crippen molar-refractivity contribution in [3.05, 3.63) is 88.4 Å². The first-order valence-electron chi connectivity index (χ1n) is 9.83. The van der Waals surface area contributed by atoms with Crippen LogP contribution in [0.3, 0.4) is 0 Å². The Morgan fingerprint density at radius 2 is 1.69 bits per heavy atom. The second-order valence-corrected chi connectivity index (χ2v) is 8.37. The Labute approximate surface area is 195 Å². The molecule has 32 heavy (non-hydrogen) atoms. The van der Waals surface area contributed by atoms with E-state index in [0.717, 1.165) is 16.0 Å². The normalized spacial score (nSPS) is 17.9. The summed E-state index contributed by atoms with van der Waals surface area (Å²) in [5.74, 6) is -1.07. The molecule has 0 saturated carbocycles. The zero-order valence-electron chi connectivity index (χ0n) is 17.1. The molecule has 0 aromatic heterocycles. The fourth-order valence-corrected chi connectivity index (χ4v) is 4.31. The van der Waals surface area contributed by atoms with Crippen LogP contribution in [0.2, 0.25) is 10.0 Å². The zero-order valence-corrected chi connectivity index (χ0v) is 18.6. The van der Waals surface area contributed by atoms with Crippen molar-refractivity contribution in [2.75, 3.05) is 11.9 Å². The molecule has 1 saturated heterocycles. The van der Waals surface area contributed by atoms with Crippen LogP contribution in [-0.2, 0) is 15.1 Å². The molecule has 8 heteroatoms. The van der Waals surface area contributed by atoms with Crippen molar-refractivity contribution >= 4 is 46.7 Å². The van der Waals surface area contributed by atoms with Crippen molar-refractivity contribution in [1.29, 1.82) is 0 Å². The quantitative estimate of drug-likeness (QED) is 0.514. The number of carbonyl (C=O) groups excluding carboxylic acids is 3. The van der Waals surface area contributed by atoms with Gasteiger partial charge in [-0.15, -0.1) is 0 Å². The van der Waals surface area contributed by atoms with E-state index in [9.17, 15) is 14.4 Å². The zero-order chi connectivity index (χ0) is 22.9. The largest absolute Gasteiger partial charge is 0.325 e. The molecule has 3 aromatic carbocycles. The van der Waals surface area contributed by atoms with Gasteiger partial charge in [0, 0.05) is 26.9 Å². The van der Waals surface area contributed by atoms with Gasteiger partial charge in [-0.2, -0.15) is 0 Å². The summed E-state index contributed by atoms with van der Waals surface area (Å²) in [5, 5.41) is 6.11. The topological polar surface area (TPSA) is 78.5 Å². The van der Waals surface area contributed by atoms with Crippen molar-refractivity contribution in [3.63, 3.8) is 0 Å². The van der Waals surface area contributed by atoms with Crippen LogP contribution in [0.1, 0.15) is 12.5 Å². The van der Waals surface area contributed by atoms with Crippen molar-refractivity contribution in [1.82, 2.24) is 10.2 Å². The molecule has 4 amide bonds. The van der Waals surface area contributed by atoms with Crippen LogP contribution in [0, 0.1) is 0 Å². The minimum Gasteiger partial charge on any atom is -0.324 e. The highest BCUT2D eigenvalue weighted by atomic mass is 35.5. The molecular weight excluding hydrogens is 449 g/mol. The summed E-state index contributed by atoms with van der Waals surface area (Å²) >= 11 is 12.2. The first-order valence-corrected chi connectivity index (χ1v) is 10.6. The smallest absolute Gasteiger partial charge is 0.324 e.